The van der Waals surface area contributed by atoms with Gasteiger partial charge in [-0.1, -0.05) is 67.2 Å². The predicted octanol–water partition coefficient (Wildman–Crippen LogP) is 4.58. The molecule has 2 aromatic rings. The number of hydrogen-bond donors (Lipinski definition) is 0. The van der Waals surface area contributed by atoms with E-state index in [-0.39, 0.29) is 5.91 Å². The van der Waals surface area contributed by atoms with Gasteiger partial charge in [0.25, 0.3) is 5.91 Å². The fourth-order valence-electron chi connectivity index (χ4n) is 2.20. The molecule has 0 saturated heterocycles. The Kier molecular flexibility index (Phi) is 6.59. The first kappa shape index (κ1) is 17.3. The SMILES string of the molecule is C=CC(=O)N(CC)N(C=Cc1ccccc1)C=Cc1ccccc1. The van der Waals surface area contributed by atoms with Crippen LogP contribution in [0.1, 0.15) is 18.1 Å². The predicted molar refractivity (Wildman–Crippen MR) is 100 cm³/mol. The molecule has 2 aromatic carbocycles. The topological polar surface area (TPSA) is 23.6 Å². The van der Waals surface area contributed by atoms with Crippen LogP contribution in [-0.4, -0.2) is 22.5 Å². The number of hydrogen-bond acceptors (Lipinski definition) is 2. The summed E-state index contributed by atoms with van der Waals surface area (Å²) in [6.45, 7) is 6.06. The summed E-state index contributed by atoms with van der Waals surface area (Å²) in [5.41, 5.74) is 2.13. The van der Waals surface area contributed by atoms with Gasteiger partial charge in [0.15, 0.2) is 0 Å². The summed E-state index contributed by atoms with van der Waals surface area (Å²) in [7, 11) is 0. The maximum atomic E-state index is 12.1. The Morgan fingerprint density at radius 1 is 0.917 bits per heavy atom. The molecule has 2 rings (SSSR count). The highest BCUT2D eigenvalue weighted by Crippen LogP contribution is 2.10. The van der Waals surface area contributed by atoms with E-state index >= 15 is 0 Å². The lowest BCUT2D eigenvalue weighted by Gasteiger charge is -2.29. The summed E-state index contributed by atoms with van der Waals surface area (Å²) in [4.78, 5) is 12.1. The van der Waals surface area contributed by atoms with Crippen molar-refractivity contribution in [1.29, 1.82) is 0 Å². The van der Waals surface area contributed by atoms with Gasteiger partial charge in [0.1, 0.15) is 0 Å². The third-order valence-corrected chi connectivity index (χ3v) is 3.45. The number of likely N-dealkylation sites (N-methyl/N-ethyl adjacent to an activating group) is 1. The van der Waals surface area contributed by atoms with E-state index in [1.54, 1.807) is 10.0 Å². The van der Waals surface area contributed by atoms with E-state index in [9.17, 15) is 4.79 Å². The number of rotatable bonds is 7. The Bertz CT molecular complexity index is 656. The van der Waals surface area contributed by atoms with E-state index in [2.05, 4.69) is 6.58 Å². The lowest BCUT2D eigenvalue weighted by atomic mass is 10.2. The van der Waals surface area contributed by atoms with Crippen LogP contribution in [0.3, 0.4) is 0 Å². The molecule has 0 radical (unpaired) electrons. The van der Waals surface area contributed by atoms with Crippen LogP contribution in [0.5, 0.6) is 0 Å². The summed E-state index contributed by atoms with van der Waals surface area (Å²) in [6, 6.07) is 19.9. The largest absolute Gasteiger partial charge is 0.268 e. The number of benzene rings is 2. The molecule has 0 bridgehead atoms. The van der Waals surface area contributed by atoms with Crippen molar-refractivity contribution in [3.05, 3.63) is 96.8 Å². The molecule has 0 aromatic heterocycles. The maximum absolute atomic E-state index is 12.1. The van der Waals surface area contributed by atoms with Crippen molar-refractivity contribution in [2.45, 2.75) is 6.92 Å². The van der Waals surface area contributed by atoms with Crippen LogP contribution in [0, 0.1) is 0 Å². The third-order valence-electron chi connectivity index (χ3n) is 3.45. The van der Waals surface area contributed by atoms with Crippen molar-refractivity contribution in [3.8, 4) is 0 Å². The number of nitrogens with zero attached hydrogens (tertiary/aromatic N) is 2. The van der Waals surface area contributed by atoms with Crippen molar-refractivity contribution in [1.82, 2.24) is 10.0 Å². The zero-order valence-electron chi connectivity index (χ0n) is 13.9. The van der Waals surface area contributed by atoms with Crippen LogP contribution < -0.4 is 0 Å². The molecule has 122 valence electrons. The highest BCUT2D eigenvalue weighted by Gasteiger charge is 2.12. The Hall–Kier alpha value is -3.07. The van der Waals surface area contributed by atoms with Gasteiger partial charge in [-0.15, -0.1) is 0 Å². The average molecular weight is 318 g/mol. The fraction of sp³-hybridized carbons (Fsp3) is 0.0952. The molecule has 0 N–H and O–H groups in total. The minimum atomic E-state index is -0.145. The van der Waals surface area contributed by atoms with Gasteiger partial charge in [-0.25, -0.2) is 5.01 Å². The Morgan fingerprint density at radius 2 is 1.38 bits per heavy atom. The molecule has 0 aliphatic heterocycles. The molecular formula is C21H22N2O. The Morgan fingerprint density at radius 3 is 1.75 bits per heavy atom. The lowest BCUT2D eigenvalue weighted by Crippen LogP contribution is -2.39. The molecular weight excluding hydrogens is 296 g/mol. The molecule has 0 fully saturated rings. The van der Waals surface area contributed by atoms with Crippen molar-refractivity contribution in [2.75, 3.05) is 6.54 Å². The summed E-state index contributed by atoms with van der Waals surface area (Å²) in [5.74, 6) is -0.145. The molecule has 0 spiro atoms. The number of hydrazine groups is 1. The van der Waals surface area contributed by atoms with Crippen molar-refractivity contribution < 1.29 is 4.79 Å². The number of carbonyl (C=O) groups excluding carboxylic acids is 1. The van der Waals surface area contributed by atoms with Crippen LogP contribution in [0.15, 0.2) is 85.7 Å². The van der Waals surface area contributed by atoms with Gasteiger partial charge >= 0.3 is 0 Å². The van der Waals surface area contributed by atoms with Crippen LogP contribution in [0.4, 0.5) is 0 Å². The van der Waals surface area contributed by atoms with Gasteiger partial charge in [-0.3, -0.25) is 9.80 Å². The summed E-state index contributed by atoms with van der Waals surface area (Å²) in [5, 5.41) is 3.40. The third kappa shape index (κ3) is 4.99. The monoisotopic (exact) mass is 318 g/mol. The van der Waals surface area contributed by atoms with Gasteiger partial charge in [-0.2, -0.15) is 0 Å². The minimum Gasteiger partial charge on any atom is -0.268 e. The quantitative estimate of drug-likeness (QED) is 0.551. The van der Waals surface area contributed by atoms with E-state index in [0.29, 0.717) is 6.54 Å². The summed E-state index contributed by atoms with van der Waals surface area (Å²) < 4.78 is 0. The van der Waals surface area contributed by atoms with Gasteiger partial charge in [0, 0.05) is 18.9 Å². The van der Waals surface area contributed by atoms with E-state index in [0.717, 1.165) is 11.1 Å². The highest BCUT2D eigenvalue weighted by molar-refractivity contribution is 5.86. The van der Waals surface area contributed by atoms with Crippen molar-refractivity contribution >= 4 is 18.1 Å². The van der Waals surface area contributed by atoms with Crippen LogP contribution in [-0.2, 0) is 4.79 Å². The molecule has 0 saturated carbocycles. The van der Waals surface area contributed by atoms with Crippen LogP contribution >= 0.6 is 0 Å². The van der Waals surface area contributed by atoms with Gasteiger partial charge < -0.3 is 0 Å². The second-order valence-electron chi connectivity index (χ2n) is 5.09. The van der Waals surface area contributed by atoms with Gasteiger partial charge in [0.05, 0.1) is 0 Å². The first-order valence-electron chi connectivity index (χ1n) is 7.93. The molecule has 0 atom stereocenters. The molecule has 3 heteroatoms. The smallest absolute Gasteiger partial charge is 0.264 e. The molecule has 1 amide bonds. The first-order chi connectivity index (χ1) is 11.7. The van der Waals surface area contributed by atoms with E-state index in [1.807, 2.05) is 92.1 Å². The molecule has 0 unspecified atom stereocenters. The highest BCUT2D eigenvalue weighted by atomic mass is 16.2. The first-order valence-corrected chi connectivity index (χ1v) is 7.93. The van der Waals surface area contributed by atoms with E-state index < -0.39 is 0 Å². The van der Waals surface area contributed by atoms with Crippen LogP contribution in [0.2, 0.25) is 0 Å². The molecule has 3 nitrogen and oxygen atoms in total. The number of amides is 1. The maximum Gasteiger partial charge on any atom is 0.264 e. The standard InChI is InChI=1S/C21H22N2O/c1-3-21(24)23(4-2)22(17-15-19-11-7-5-8-12-19)18-16-20-13-9-6-10-14-20/h3,5-18H,1,4H2,2H3. The molecule has 24 heavy (non-hydrogen) atoms. The van der Waals surface area contributed by atoms with Gasteiger partial charge in [-0.05, 0) is 36.3 Å². The van der Waals surface area contributed by atoms with Crippen molar-refractivity contribution in [2.24, 2.45) is 0 Å². The second kappa shape index (κ2) is 9.16. The number of carbonyl (C=O) groups is 1. The van der Waals surface area contributed by atoms with E-state index in [4.69, 9.17) is 0 Å². The summed E-state index contributed by atoms with van der Waals surface area (Å²) in [6.07, 6.45) is 9.01. The lowest BCUT2D eigenvalue weighted by molar-refractivity contribution is -0.135. The second-order valence-corrected chi connectivity index (χ2v) is 5.09. The molecule has 0 aliphatic carbocycles. The zero-order valence-corrected chi connectivity index (χ0v) is 13.9. The Balaban J connectivity index is 2.26. The normalized spacial score (nSPS) is 10.9. The van der Waals surface area contributed by atoms with Crippen molar-refractivity contribution in [3.63, 3.8) is 0 Å². The average Bonchev–Trinajstić information content (AvgIpc) is 2.65. The molecule has 0 aliphatic rings. The zero-order chi connectivity index (χ0) is 17.2. The summed E-state index contributed by atoms with van der Waals surface area (Å²) >= 11 is 0. The van der Waals surface area contributed by atoms with Gasteiger partial charge in [0.2, 0.25) is 0 Å². The van der Waals surface area contributed by atoms with E-state index in [1.165, 1.54) is 6.08 Å². The Labute approximate surface area is 143 Å². The minimum absolute atomic E-state index is 0.145. The molecule has 0 heterocycles. The fourth-order valence-corrected chi connectivity index (χ4v) is 2.20. The van der Waals surface area contributed by atoms with Crippen LogP contribution in [0.25, 0.3) is 12.2 Å².